The van der Waals surface area contributed by atoms with Crippen LogP contribution in [-0.4, -0.2) is 16.8 Å². The van der Waals surface area contributed by atoms with Crippen molar-refractivity contribution in [3.63, 3.8) is 0 Å². The molecule has 2 N–H and O–H groups in total. The van der Waals surface area contributed by atoms with Gasteiger partial charge in [0.05, 0.1) is 5.71 Å². The van der Waals surface area contributed by atoms with Crippen molar-refractivity contribution in [1.29, 1.82) is 0 Å². The van der Waals surface area contributed by atoms with E-state index >= 15 is 0 Å². The van der Waals surface area contributed by atoms with Crippen molar-refractivity contribution < 1.29 is 10.0 Å². The van der Waals surface area contributed by atoms with Crippen LogP contribution in [0.2, 0.25) is 0 Å². The number of halogens is 1. The molecule has 0 spiro atoms. The molecule has 5 heteroatoms. The van der Waals surface area contributed by atoms with Crippen molar-refractivity contribution in [3.8, 4) is 0 Å². The van der Waals surface area contributed by atoms with Gasteiger partial charge >= 0.3 is 0 Å². The van der Waals surface area contributed by atoms with Gasteiger partial charge in [0.1, 0.15) is 0 Å². The van der Waals surface area contributed by atoms with E-state index in [2.05, 4.69) is 26.4 Å². The molecule has 0 heterocycles. The molecule has 0 fully saturated rings. The Bertz CT molecular complexity index is 668. The van der Waals surface area contributed by atoms with Crippen molar-refractivity contribution >= 4 is 33.2 Å². The van der Waals surface area contributed by atoms with Crippen molar-refractivity contribution in [2.45, 2.75) is 6.92 Å². The summed E-state index contributed by atoms with van der Waals surface area (Å²) in [5, 5.41) is 14.7. The minimum Gasteiger partial charge on any atom is -0.411 e. The number of hydrogen-bond acceptors (Lipinski definition) is 3. The molecular weight excluding hydrogens is 320 g/mol. The van der Waals surface area contributed by atoms with Gasteiger partial charge in [-0.25, -0.2) is 0 Å². The number of nitrogens with one attached hydrogen (secondary N) is 1. The maximum absolute atomic E-state index is 12.1. The lowest BCUT2D eigenvalue weighted by atomic mass is 10.1. The normalized spacial score (nSPS) is 11.2. The van der Waals surface area contributed by atoms with Crippen LogP contribution in [0.15, 0.2) is 58.2 Å². The first-order valence-electron chi connectivity index (χ1n) is 5.96. The molecule has 102 valence electrons. The van der Waals surface area contributed by atoms with E-state index in [4.69, 9.17) is 5.21 Å². The Hall–Kier alpha value is -2.14. The number of carbonyl (C=O) groups is 1. The molecule has 0 unspecified atom stereocenters. The summed E-state index contributed by atoms with van der Waals surface area (Å²) >= 11 is 3.33. The van der Waals surface area contributed by atoms with Gasteiger partial charge in [-0.3, -0.25) is 4.79 Å². The molecule has 0 atom stereocenters. The molecule has 0 aromatic heterocycles. The largest absolute Gasteiger partial charge is 0.411 e. The van der Waals surface area contributed by atoms with Crippen LogP contribution in [0, 0.1) is 0 Å². The van der Waals surface area contributed by atoms with E-state index in [1.165, 1.54) is 0 Å². The molecule has 0 bridgehead atoms. The van der Waals surface area contributed by atoms with Crippen LogP contribution < -0.4 is 5.32 Å². The lowest BCUT2D eigenvalue weighted by molar-refractivity contribution is 0.102. The number of hydrogen-bond donors (Lipinski definition) is 2. The van der Waals surface area contributed by atoms with Gasteiger partial charge in [-0.2, -0.15) is 0 Å². The summed E-state index contributed by atoms with van der Waals surface area (Å²) < 4.78 is 0.849. The number of carbonyl (C=O) groups excluding carboxylic acids is 1. The van der Waals surface area contributed by atoms with Gasteiger partial charge in [0.2, 0.25) is 0 Å². The number of anilines is 1. The average Bonchev–Trinajstić information content (AvgIpc) is 2.46. The highest BCUT2D eigenvalue weighted by molar-refractivity contribution is 9.10. The lowest BCUT2D eigenvalue weighted by Crippen LogP contribution is -2.12. The summed E-state index contributed by atoms with van der Waals surface area (Å²) in [7, 11) is 0. The van der Waals surface area contributed by atoms with Crippen LogP contribution >= 0.6 is 15.9 Å². The molecule has 2 rings (SSSR count). The molecule has 4 nitrogen and oxygen atoms in total. The van der Waals surface area contributed by atoms with Crippen molar-refractivity contribution in [2.24, 2.45) is 5.16 Å². The molecule has 0 aliphatic carbocycles. The van der Waals surface area contributed by atoms with Crippen LogP contribution in [0.1, 0.15) is 22.8 Å². The van der Waals surface area contributed by atoms with Gasteiger partial charge in [0.15, 0.2) is 0 Å². The number of oxime groups is 1. The Morgan fingerprint density at radius 1 is 1.15 bits per heavy atom. The van der Waals surface area contributed by atoms with E-state index in [-0.39, 0.29) is 5.91 Å². The Kier molecular flexibility index (Phi) is 4.53. The first-order valence-corrected chi connectivity index (χ1v) is 6.75. The van der Waals surface area contributed by atoms with Crippen molar-refractivity contribution in [3.05, 3.63) is 64.1 Å². The quantitative estimate of drug-likeness (QED) is 0.508. The molecular formula is C15H13BrN2O2. The average molecular weight is 333 g/mol. The second-order valence-electron chi connectivity index (χ2n) is 4.23. The van der Waals surface area contributed by atoms with Crippen LogP contribution in [0.3, 0.4) is 0 Å². The van der Waals surface area contributed by atoms with Gasteiger partial charge in [0, 0.05) is 21.3 Å². The second-order valence-corrected chi connectivity index (χ2v) is 5.15. The zero-order valence-electron chi connectivity index (χ0n) is 10.8. The third-order valence-corrected chi connectivity index (χ3v) is 3.27. The molecule has 2 aromatic carbocycles. The summed E-state index contributed by atoms with van der Waals surface area (Å²) in [5.41, 5.74) is 2.45. The van der Waals surface area contributed by atoms with Crippen LogP contribution in [0.5, 0.6) is 0 Å². The number of benzene rings is 2. The predicted octanol–water partition coefficient (Wildman–Crippen LogP) is 3.90. The standard InChI is InChI=1S/C15H13BrN2O2/c1-10(18-20)11-4-3-7-14(9-11)17-15(19)12-5-2-6-13(16)8-12/h2-9,20H,1H3,(H,17,19)/b18-10+. The van der Waals surface area contributed by atoms with Gasteiger partial charge in [-0.05, 0) is 37.3 Å². The van der Waals surface area contributed by atoms with Crippen LogP contribution in [-0.2, 0) is 0 Å². The third kappa shape index (κ3) is 3.45. The Labute approximate surface area is 125 Å². The molecule has 0 aliphatic rings. The highest BCUT2D eigenvalue weighted by atomic mass is 79.9. The third-order valence-electron chi connectivity index (χ3n) is 2.78. The van der Waals surface area contributed by atoms with Gasteiger partial charge < -0.3 is 10.5 Å². The molecule has 1 amide bonds. The zero-order valence-corrected chi connectivity index (χ0v) is 12.4. The first-order chi connectivity index (χ1) is 9.60. The fourth-order valence-electron chi connectivity index (χ4n) is 1.71. The Morgan fingerprint density at radius 2 is 1.85 bits per heavy atom. The molecule has 20 heavy (non-hydrogen) atoms. The predicted molar refractivity (Wildman–Crippen MR) is 82.5 cm³/mol. The van der Waals surface area contributed by atoms with E-state index in [1.54, 1.807) is 43.3 Å². The number of nitrogens with zero attached hydrogens (tertiary/aromatic N) is 1. The minimum atomic E-state index is -0.193. The number of rotatable bonds is 3. The van der Waals surface area contributed by atoms with E-state index in [1.807, 2.05) is 12.1 Å². The van der Waals surface area contributed by atoms with E-state index in [0.717, 1.165) is 10.0 Å². The summed E-state index contributed by atoms with van der Waals surface area (Å²) in [6.07, 6.45) is 0. The summed E-state index contributed by atoms with van der Waals surface area (Å²) in [6, 6.07) is 14.3. The SMILES string of the molecule is C/C(=N\O)c1cccc(NC(=O)c2cccc(Br)c2)c1. The second kappa shape index (κ2) is 6.34. The summed E-state index contributed by atoms with van der Waals surface area (Å²) in [5.74, 6) is -0.193. The topological polar surface area (TPSA) is 61.7 Å². The minimum absolute atomic E-state index is 0.193. The number of amides is 1. The maximum Gasteiger partial charge on any atom is 0.255 e. The first kappa shape index (κ1) is 14.3. The Balaban J connectivity index is 2.20. The monoisotopic (exact) mass is 332 g/mol. The van der Waals surface area contributed by atoms with Gasteiger partial charge in [0.25, 0.3) is 5.91 Å². The highest BCUT2D eigenvalue weighted by Crippen LogP contribution is 2.15. The molecule has 2 aromatic rings. The van der Waals surface area contributed by atoms with E-state index < -0.39 is 0 Å². The van der Waals surface area contributed by atoms with Gasteiger partial charge in [-0.15, -0.1) is 0 Å². The Morgan fingerprint density at radius 3 is 2.55 bits per heavy atom. The van der Waals surface area contributed by atoms with Crippen molar-refractivity contribution in [1.82, 2.24) is 0 Å². The smallest absolute Gasteiger partial charge is 0.255 e. The van der Waals surface area contributed by atoms with E-state index in [0.29, 0.717) is 17.0 Å². The fraction of sp³-hybridized carbons (Fsp3) is 0.0667. The molecule has 0 aliphatic heterocycles. The van der Waals surface area contributed by atoms with Crippen LogP contribution in [0.4, 0.5) is 5.69 Å². The lowest BCUT2D eigenvalue weighted by Gasteiger charge is -2.07. The molecule has 0 saturated heterocycles. The summed E-state index contributed by atoms with van der Waals surface area (Å²) in [4.78, 5) is 12.1. The molecule has 0 radical (unpaired) electrons. The maximum atomic E-state index is 12.1. The fourth-order valence-corrected chi connectivity index (χ4v) is 2.11. The zero-order chi connectivity index (χ0) is 14.5. The summed E-state index contributed by atoms with van der Waals surface area (Å²) in [6.45, 7) is 1.69. The molecule has 0 saturated carbocycles. The van der Waals surface area contributed by atoms with Crippen molar-refractivity contribution in [2.75, 3.05) is 5.32 Å². The van der Waals surface area contributed by atoms with Crippen LogP contribution in [0.25, 0.3) is 0 Å². The van der Waals surface area contributed by atoms with E-state index in [9.17, 15) is 4.79 Å². The highest BCUT2D eigenvalue weighted by Gasteiger charge is 2.07. The van der Waals surface area contributed by atoms with Gasteiger partial charge in [-0.1, -0.05) is 39.3 Å².